The summed E-state index contributed by atoms with van der Waals surface area (Å²) < 4.78 is 0. The molecule has 0 aliphatic heterocycles. The highest BCUT2D eigenvalue weighted by atomic mass is 16.3. The van der Waals surface area contributed by atoms with Crippen molar-refractivity contribution in [1.29, 1.82) is 0 Å². The predicted molar refractivity (Wildman–Crippen MR) is 46.4 cm³/mol. The van der Waals surface area contributed by atoms with Gasteiger partial charge in [-0.2, -0.15) is 0 Å². The zero-order chi connectivity index (χ0) is 9.28. The molecule has 0 spiro atoms. The van der Waals surface area contributed by atoms with Gasteiger partial charge in [-0.25, -0.2) is 0 Å². The molecule has 0 heterocycles. The zero-order valence-electron chi connectivity index (χ0n) is 7.92. The van der Waals surface area contributed by atoms with E-state index < -0.39 is 0 Å². The summed E-state index contributed by atoms with van der Waals surface area (Å²) in [5, 5.41) is 8.42. The fraction of sp³-hybridized carbons (Fsp3) is 0.875. The Kier molecular flexibility index (Phi) is 11.2. The van der Waals surface area contributed by atoms with Crippen molar-refractivity contribution in [2.75, 3.05) is 19.7 Å². The highest BCUT2D eigenvalue weighted by Crippen LogP contribution is 1.85. The van der Waals surface area contributed by atoms with Gasteiger partial charge in [0.1, 0.15) is 0 Å². The normalized spacial score (nSPS) is 8.09. The molecule has 1 N–H and O–H groups in total. The largest absolute Gasteiger partial charge is 0.395 e. The van der Waals surface area contributed by atoms with E-state index in [1.165, 1.54) is 6.92 Å². The maximum absolute atomic E-state index is 10.6. The summed E-state index contributed by atoms with van der Waals surface area (Å²) in [6, 6.07) is 0. The third-order valence-electron chi connectivity index (χ3n) is 1.20. The number of hydrogen-bond donors (Lipinski definition) is 1. The van der Waals surface area contributed by atoms with Crippen molar-refractivity contribution in [1.82, 2.24) is 4.90 Å². The summed E-state index contributed by atoms with van der Waals surface area (Å²) >= 11 is 0. The molecule has 11 heavy (non-hydrogen) atoms. The Morgan fingerprint density at radius 1 is 1.45 bits per heavy atom. The molecule has 0 bridgehead atoms. The average molecular weight is 161 g/mol. The molecule has 3 heteroatoms. The van der Waals surface area contributed by atoms with Crippen LogP contribution >= 0.6 is 0 Å². The van der Waals surface area contributed by atoms with Gasteiger partial charge in [-0.15, -0.1) is 0 Å². The van der Waals surface area contributed by atoms with Crippen LogP contribution in [-0.2, 0) is 4.79 Å². The molecule has 0 aromatic carbocycles. The first kappa shape index (κ1) is 13.1. The molecule has 0 saturated carbocycles. The number of aliphatic hydroxyl groups excluding tert-OH is 1. The van der Waals surface area contributed by atoms with E-state index in [9.17, 15) is 4.79 Å². The van der Waals surface area contributed by atoms with E-state index in [4.69, 9.17) is 5.11 Å². The van der Waals surface area contributed by atoms with Crippen LogP contribution in [0, 0.1) is 0 Å². The molecule has 0 fully saturated rings. The van der Waals surface area contributed by atoms with Crippen LogP contribution < -0.4 is 0 Å². The molecule has 0 unspecified atom stereocenters. The number of carbonyl (C=O) groups excluding carboxylic acids is 1. The molecule has 68 valence electrons. The minimum atomic E-state index is 0.0200. The quantitative estimate of drug-likeness (QED) is 0.667. The number of hydrogen-bond acceptors (Lipinski definition) is 2. The van der Waals surface area contributed by atoms with E-state index in [2.05, 4.69) is 0 Å². The van der Waals surface area contributed by atoms with E-state index in [0.717, 1.165) is 0 Å². The Bertz CT molecular complexity index is 94.1. The van der Waals surface area contributed by atoms with Crippen molar-refractivity contribution in [3.8, 4) is 0 Å². The molecule has 3 nitrogen and oxygen atoms in total. The molecule has 0 radical (unpaired) electrons. The lowest BCUT2D eigenvalue weighted by Gasteiger charge is -2.16. The Morgan fingerprint density at radius 2 is 1.91 bits per heavy atom. The second-order valence-electron chi connectivity index (χ2n) is 1.82. The van der Waals surface area contributed by atoms with Crippen LogP contribution in [0.25, 0.3) is 0 Å². The molecular formula is C8H19NO2. The average Bonchev–Trinajstić information content (AvgIpc) is 2.03. The van der Waals surface area contributed by atoms with Gasteiger partial charge in [-0.3, -0.25) is 4.79 Å². The standard InChI is InChI=1S/C6H13NO2.C2H6/c1-3-7(4-5-8)6(2)9;1-2/h8H,3-5H2,1-2H3;1-2H3. The maximum Gasteiger partial charge on any atom is 0.219 e. The van der Waals surface area contributed by atoms with Crippen molar-refractivity contribution < 1.29 is 9.90 Å². The maximum atomic E-state index is 10.6. The molecule has 0 atom stereocenters. The summed E-state index contributed by atoms with van der Waals surface area (Å²) in [5.41, 5.74) is 0. The number of rotatable bonds is 3. The number of likely N-dealkylation sites (N-methyl/N-ethyl adjacent to an activating group) is 1. The Balaban J connectivity index is 0. The summed E-state index contributed by atoms with van der Waals surface area (Å²) in [6.07, 6.45) is 0. The first-order valence-corrected chi connectivity index (χ1v) is 4.08. The summed E-state index contributed by atoms with van der Waals surface area (Å²) in [5.74, 6) is 0.0200. The highest BCUT2D eigenvalue weighted by molar-refractivity contribution is 5.73. The van der Waals surface area contributed by atoms with Crippen LogP contribution in [0.4, 0.5) is 0 Å². The van der Waals surface area contributed by atoms with Crippen LogP contribution in [0.2, 0.25) is 0 Å². The Hall–Kier alpha value is -0.570. The minimum absolute atomic E-state index is 0.0200. The van der Waals surface area contributed by atoms with Crippen molar-refractivity contribution >= 4 is 5.91 Å². The van der Waals surface area contributed by atoms with E-state index >= 15 is 0 Å². The van der Waals surface area contributed by atoms with Crippen molar-refractivity contribution in [3.05, 3.63) is 0 Å². The molecule has 0 rings (SSSR count). The topological polar surface area (TPSA) is 40.5 Å². The van der Waals surface area contributed by atoms with Gasteiger partial charge >= 0.3 is 0 Å². The highest BCUT2D eigenvalue weighted by Gasteiger charge is 2.02. The molecule has 1 amide bonds. The van der Waals surface area contributed by atoms with Crippen molar-refractivity contribution in [2.24, 2.45) is 0 Å². The first-order valence-electron chi connectivity index (χ1n) is 4.08. The van der Waals surface area contributed by atoms with Gasteiger partial charge in [-0.05, 0) is 6.92 Å². The molecule has 0 aliphatic rings. The SMILES string of the molecule is CC.CCN(CCO)C(C)=O. The molecule has 0 aliphatic carbocycles. The summed E-state index contributed by atoms with van der Waals surface area (Å²) in [7, 11) is 0. The summed E-state index contributed by atoms with van der Waals surface area (Å²) in [4.78, 5) is 12.2. The molecule has 0 aromatic heterocycles. The monoisotopic (exact) mass is 161 g/mol. The predicted octanol–water partition coefficient (Wildman–Crippen LogP) is 0.873. The van der Waals surface area contributed by atoms with Gasteiger partial charge in [-0.1, -0.05) is 13.8 Å². The number of carbonyl (C=O) groups is 1. The lowest BCUT2D eigenvalue weighted by atomic mass is 10.5. The third-order valence-corrected chi connectivity index (χ3v) is 1.20. The van der Waals surface area contributed by atoms with Gasteiger partial charge in [0.15, 0.2) is 0 Å². The van der Waals surface area contributed by atoms with Crippen molar-refractivity contribution in [3.63, 3.8) is 0 Å². The van der Waals surface area contributed by atoms with Crippen LogP contribution in [0.15, 0.2) is 0 Å². The number of aliphatic hydroxyl groups is 1. The van der Waals surface area contributed by atoms with E-state index in [1.807, 2.05) is 20.8 Å². The van der Waals surface area contributed by atoms with Crippen LogP contribution in [0.5, 0.6) is 0 Å². The zero-order valence-corrected chi connectivity index (χ0v) is 7.92. The van der Waals surface area contributed by atoms with Crippen LogP contribution in [0.3, 0.4) is 0 Å². The van der Waals surface area contributed by atoms with Crippen LogP contribution in [-0.4, -0.2) is 35.6 Å². The van der Waals surface area contributed by atoms with Gasteiger partial charge in [0.05, 0.1) is 6.61 Å². The third kappa shape index (κ3) is 7.33. The lowest BCUT2D eigenvalue weighted by Crippen LogP contribution is -2.30. The Labute approximate surface area is 69.0 Å². The fourth-order valence-electron chi connectivity index (χ4n) is 0.659. The van der Waals surface area contributed by atoms with Crippen LogP contribution in [0.1, 0.15) is 27.7 Å². The second-order valence-corrected chi connectivity index (χ2v) is 1.82. The minimum Gasteiger partial charge on any atom is -0.395 e. The number of nitrogens with zero attached hydrogens (tertiary/aromatic N) is 1. The Morgan fingerprint density at radius 3 is 2.00 bits per heavy atom. The van der Waals surface area contributed by atoms with E-state index in [-0.39, 0.29) is 12.5 Å². The van der Waals surface area contributed by atoms with Gasteiger partial charge in [0.2, 0.25) is 5.91 Å². The van der Waals surface area contributed by atoms with Gasteiger partial charge < -0.3 is 10.0 Å². The lowest BCUT2D eigenvalue weighted by molar-refractivity contribution is -0.129. The molecule has 0 aromatic rings. The van der Waals surface area contributed by atoms with Gasteiger partial charge in [0, 0.05) is 20.0 Å². The summed E-state index contributed by atoms with van der Waals surface area (Å²) in [6.45, 7) is 8.56. The second kappa shape index (κ2) is 9.43. The van der Waals surface area contributed by atoms with E-state index in [1.54, 1.807) is 4.90 Å². The van der Waals surface area contributed by atoms with E-state index in [0.29, 0.717) is 13.1 Å². The van der Waals surface area contributed by atoms with Crippen molar-refractivity contribution in [2.45, 2.75) is 27.7 Å². The smallest absolute Gasteiger partial charge is 0.219 e. The first-order chi connectivity index (χ1) is 5.22. The van der Waals surface area contributed by atoms with Gasteiger partial charge in [0.25, 0.3) is 0 Å². The fourth-order valence-corrected chi connectivity index (χ4v) is 0.659. The molecular weight excluding hydrogens is 142 g/mol. The number of amides is 1. The molecule has 0 saturated heterocycles.